The minimum Gasteiger partial charge on any atom is -0.497 e. The van der Waals surface area contributed by atoms with Gasteiger partial charge in [0.25, 0.3) is 0 Å². The lowest BCUT2D eigenvalue weighted by Gasteiger charge is -2.26. The van der Waals surface area contributed by atoms with E-state index < -0.39 is 16.0 Å². The molecular weight excluding hydrogens is 398 g/mol. The first-order chi connectivity index (χ1) is 13.9. The summed E-state index contributed by atoms with van der Waals surface area (Å²) in [5.41, 5.74) is 0.510. The molecule has 3 rings (SSSR count). The van der Waals surface area contributed by atoms with Crippen molar-refractivity contribution in [1.82, 2.24) is 4.31 Å². The second kappa shape index (κ2) is 9.25. The Morgan fingerprint density at radius 1 is 1.00 bits per heavy atom. The van der Waals surface area contributed by atoms with E-state index in [4.69, 9.17) is 18.9 Å². The first-order valence-corrected chi connectivity index (χ1v) is 10.5. The molecule has 0 N–H and O–H groups in total. The molecule has 1 aliphatic rings. The van der Waals surface area contributed by atoms with Crippen LogP contribution in [0.15, 0.2) is 47.4 Å². The number of esters is 1. The molecule has 0 spiro atoms. The molecule has 8 nitrogen and oxygen atoms in total. The van der Waals surface area contributed by atoms with Crippen LogP contribution in [0.5, 0.6) is 17.2 Å². The van der Waals surface area contributed by atoms with Crippen LogP contribution in [0.2, 0.25) is 0 Å². The molecule has 29 heavy (non-hydrogen) atoms. The van der Waals surface area contributed by atoms with Gasteiger partial charge >= 0.3 is 5.97 Å². The zero-order chi connectivity index (χ0) is 20.9. The summed E-state index contributed by atoms with van der Waals surface area (Å²) in [7, 11) is -0.810. The molecule has 0 aliphatic carbocycles. The minimum atomic E-state index is -3.77. The van der Waals surface area contributed by atoms with Crippen molar-refractivity contribution in [3.63, 3.8) is 0 Å². The molecule has 2 aromatic carbocycles. The van der Waals surface area contributed by atoms with Crippen molar-refractivity contribution in [1.29, 1.82) is 0 Å². The predicted octanol–water partition coefficient (Wildman–Crippen LogP) is 1.87. The third-order valence-corrected chi connectivity index (χ3v) is 6.38. The molecule has 0 aromatic heterocycles. The fourth-order valence-electron chi connectivity index (χ4n) is 2.94. The number of carbonyl (C=O) groups is 1. The third kappa shape index (κ3) is 5.06. The molecule has 1 heterocycles. The number of hydrogen-bond acceptors (Lipinski definition) is 7. The highest BCUT2D eigenvalue weighted by atomic mass is 32.2. The lowest BCUT2D eigenvalue weighted by atomic mass is 10.1. The van der Waals surface area contributed by atoms with Gasteiger partial charge in [-0.1, -0.05) is 6.07 Å². The van der Waals surface area contributed by atoms with Crippen molar-refractivity contribution in [2.45, 2.75) is 11.3 Å². The van der Waals surface area contributed by atoms with E-state index in [9.17, 15) is 13.2 Å². The molecule has 0 saturated carbocycles. The molecule has 0 bridgehead atoms. The molecule has 1 saturated heterocycles. The Morgan fingerprint density at radius 2 is 1.66 bits per heavy atom. The molecule has 9 heteroatoms. The third-order valence-electron chi connectivity index (χ3n) is 4.46. The summed E-state index contributed by atoms with van der Waals surface area (Å²) < 4.78 is 48.2. The smallest absolute Gasteiger partial charge is 0.315 e. The van der Waals surface area contributed by atoms with Crippen molar-refractivity contribution in [2.24, 2.45) is 0 Å². The normalized spacial score (nSPS) is 15.0. The van der Waals surface area contributed by atoms with Gasteiger partial charge < -0.3 is 18.9 Å². The topological polar surface area (TPSA) is 91.4 Å². The molecule has 0 radical (unpaired) electrons. The lowest BCUT2D eigenvalue weighted by molar-refractivity contribution is -0.133. The molecule has 0 atom stereocenters. The quantitative estimate of drug-likeness (QED) is 0.498. The van der Waals surface area contributed by atoms with E-state index in [1.807, 2.05) is 0 Å². The standard InChI is InChI=1S/C20H23NO7S/c1-25-16-4-6-17(7-5-16)28-20(22)14-15-3-8-18(26-2)19(13-15)29(23,24)21-9-11-27-12-10-21/h3-8,13H,9-12,14H2,1-2H3. The van der Waals surface area contributed by atoms with Gasteiger partial charge in [0.05, 0.1) is 33.9 Å². The molecular formula is C20H23NO7S. The highest BCUT2D eigenvalue weighted by molar-refractivity contribution is 7.89. The zero-order valence-corrected chi connectivity index (χ0v) is 17.1. The maximum atomic E-state index is 13.0. The fraction of sp³-hybridized carbons (Fsp3) is 0.350. The molecule has 2 aromatic rings. The van der Waals surface area contributed by atoms with Gasteiger partial charge in [0.1, 0.15) is 22.1 Å². The monoisotopic (exact) mass is 421 g/mol. The summed E-state index contributed by atoms with van der Waals surface area (Å²) in [5, 5.41) is 0. The number of benzene rings is 2. The number of ether oxygens (including phenoxy) is 4. The average molecular weight is 421 g/mol. The minimum absolute atomic E-state index is 0.0247. The van der Waals surface area contributed by atoms with Crippen molar-refractivity contribution >= 4 is 16.0 Å². The van der Waals surface area contributed by atoms with Gasteiger partial charge in [0.15, 0.2) is 0 Å². The number of nitrogens with zero attached hydrogens (tertiary/aromatic N) is 1. The Bertz CT molecular complexity index is 951. The average Bonchev–Trinajstić information content (AvgIpc) is 2.74. The van der Waals surface area contributed by atoms with E-state index in [-0.39, 0.29) is 30.2 Å². The van der Waals surface area contributed by atoms with Crippen LogP contribution in [-0.4, -0.2) is 59.2 Å². The van der Waals surface area contributed by atoms with Crippen molar-refractivity contribution < 1.29 is 32.2 Å². The van der Waals surface area contributed by atoms with E-state index in [1.165, 1.54) is 17.5 Å². The van der Waals surface area contributed by atoms with Crippen LogP contribution in [0.3, 0.4) is 0 Å². The SMILES string of the molecule is COc1ccc(OC(=O)Cc2ccc(OC)c(S(=O)(=O)N3CCOCC3)c2)cc1. The number of methoxy groups -OCH3 is 2. The molecule has 1 fully saturated rings. The maximum absolute atomic E-state index is 13.0. The molecule has 1 aliphatic heterocycles. The van der Waals surface area contributed by atoms with Gasteiger partial charge in [-0.05, 0) is 42.0 Å². The van der Waals surface area contributed by atoms with Gasteiger partial charge in [-0.3, -0.25) is 4.79 Å². The summed E-state index contributed by atoms with van der Waals surface area (Å²) in [4.78, 5) is 12.3. The van der Waals surface area contributed by atoms with E-state index >= 15 is 0 Å². The van der Waals surface area contributed by atoms with Crippen molar-refractivity contribution in [3.05, 3.63) is 48.0 Å². The Balaban J connectivity index is 1.77. The van der Waals surface area contributed by atoms with Crippen molar-refractivity contribution in [3.8, 4) is 17.2 Å². The Hall–Kier alpha value is -2.62. The number of carbonyl (C=O) groups excluding carboxylic acids is 1. The second-order valence-corrected chi connectivity index (χ2v) is 8.23. The molecule has 156 valence electrons. The number of morpholine rings is 1. The zero-order valence-electron chi connectivity index (χ0n) is 16.3. The number of hydrogen-bond donors (Lipinski definition) is 0. The second-order valence-electron chi connectivity index (χ2n) is 6.33. The number of rotatable bonds is 7. The maximum Gasteiger partial charge on any atom is 0.315 e. The van der Waals surface area contributed by atoms with Crippen LogP contribution in [0.4, 0.5) is 0 Å². The summed E-state index contributed by atoms with van der Waals surface area (Å²) in [6.07, 6.45) is -0.0817. The van der Waals surface area contributed by atoms with Crippen LogP contribution in [0.25, 0.3) is 0 Å². The molecule has 0 unspecified atom stereocenters. The first-order valence-electron chi connectivity index (χ1n) is 9.03. The van der Waals surface area contributed by atoms with E-state index in [0.717, 1.165) is 0 Å². The summed E-state index contributed by atoms with van der Waals surface area (Å²) in [5.74, 6) is 0.752. The van der Waals surface area contributed by atoms with Gasteiger partial charge in [-0.25, -0.2) is 8.42 Å². The van der Waals surface area contributed by atoms with Gasteiger partial charge in [0, 0.05) is 13.1 Å². The first kappa shape index (κ1) is 21.1. The number of sulfonamides is 1. The summed E-state index contributed by atoms with van der Waals surface area (Å²) >= 11 is 0. The van der Waals surface area contributed by atoms with Gasteiger partial charge in [0.2, 0.25) is 10.0 Å². The lowest BCUT2D eigenvalue weighted by Crippen LogP contribution is -2.40. The van der Waals surface area contributed by atoms with Crippen LogP contribution in [-0.2, 0) is 26.0 Å². The van der Waals surface area contributed by atoms with Crippen molar-refractivity contribution in [2.75, 3.05) is 40.5 Å². The largest absolute Gasteiger partial charge is 0.497 e. The highest BCUT2D eigenvalue weighted by Crippen LogP contribution is 2.29. The summed E-state index contributed by atoms with van der Waals surface area (Å²) in [6.45, 7) is 1.23. The Labute approximate surface area is 170 Å². The van der Waals surface area contributed by atoms with Crippen LogP contribution in [0, 0.1) is 0 Å². The van der Waals surface area contributed by atoms with E-state index in [0.29, 0.717) is 30.3 Å². The Kier molecular flexibility index (Phi) is 6.73. The van der Waals surface area contributed by atoms with E-state index in [1.54, 1.807) is 43.5 Å². The highest BCUT2D eigenvalue weighted by Gasteiger charge is 2.29. The molecule has 0 amide bonds. The Morgan fingerprint density at radius 3 is 2.28 bits per heavy atom. The van der Waals surface area contributed by atoms with E-state index in [2.05, 4.69) is 0 Å². The van der Waals surface area contributed by atoms with Crippen LogP contribution in [0.1, 0.15) is 5.56 Å². The predicted molar refractivity (Wildman–Crippen MR) is 105 cm³/mol. The van der Waals surface area contributed by atoms with Gasteiger partial charge in [-0.15, -0.1) is 0 Å². The van der Waals surface area contributed by atoms with Crippen LogP contribution >= 0.6 is 0 Å². The fourth-order valence-corrected chi connectivity index (χ4v) is 4.55. The van der Waals surface area contributed by atoms with Gasteiger partial charge in [-0.2, -0.15) is 4.31 Å². The summed E-state index contributed by atoms with van der Waals surface area (Å²) in [6, 6.07) is 11.3. The van der Waals surface area contributed by atoms with Crippen LogP contribution < -0.4 is 14.2 Å².